The molecule has 5 rings (SSSR count). The van der Waals surface area contributed by atoms with E-state index in [1.165, 1.54) is 11.3 Å². The van der Waals surface area contributed by atoms with Crippen molar-refractivity contribution in [1.29, 1.82) is 0 Å². The number of benzene rings is 3. The van der Waals surface area contributed by atoms with Gasteiger partial charge in [-0.2, -0.15) is 0 Å². The van der Waals surface area contributed by atoms with Gasteiger partial charge in [-0.1, -0.05) is 47.7 Å². The van der Waals surface area contributed by atoms with Crippen LogP contribution in [0.5, 0.6) is 17.2 Å². The predicted octanol–water partition coefficient (Wildman–Crippen LogP) is 4.29. The number of carbonyl (C=O) groups is 1. The van der Waals surface area contributed by atoms with Crippen LogP contribution in [0.4, 0.5) is 5.69 Å². The van der Waals surface area contributed by atoms with Crippen molar-refractivity contribution in [2.45, 2.75) is 19.9 Å². The minimum atomic E-state index is -0.678. The number of hydrogen-bond donors (Lipinski definition) is 1. The summed E-state index contributed by atoms with van der Waals surface area (Å²) in [5.41, 5.74) is 2.91. The number of hydrogen-bond acceptors (Lipinski definition) is 7. The highest BCUT2D eigenvalue weighted by Gasteiger charge is 2.32. The maximum absolute atomic E-state index is 13.9. The Labute approximate surface area is 235 Å². The zero-order valence-corrected chi connectivity index (χ0v) is 23.5. The summed E-state index contributed by atoms with van der Waals surface area (Å²) in [5.74, 6) is 1.55. The van der Waals surface area contributed by atoms with E-state index in [9.17, 15) is 9.59 Å². The SMILES string of the molecule is CCOc1ccc([C@@H]2C(C(=O)Nc3ccccc3)=C(C)N=c3s/c(=C\c4ccc(OC)c(OC)c4)c(=O)n32)cc1. The Balaban J connectivity index is 1.65. The minimum absolute atomic E-state index is 0.241. The molecule has 4 aromatic rings. The lowest BCUT2D eigenvalue weighted by Gasteiger charge is -2.25. The third-order valence-electron chi connectivity index (χ3n) is 6.51. The molecule has 2 heterocycles. The van der Waals surface area contributed by atoms with Crippen LogP contribution in [-0.4, -0.2) is 31.3 Å². The molecule has 9 heteroatoms. The van der Waals surface area contributed by atoms with Crippen molar-refractivity contribution < 1.29 is 19.0 Å². The number of amides is 1. The number of methoxy groups -OCH3 is 2. The van der Waals surface area contributed by atoms with Crippen LogP contribution in [-0.2, 0) is 4.79 Å². The van der Waals surface area contributed by atoms with E-state index in [0.29, 0.717) is 50.1 Å². The van der Waals surface area contributed by atoms with Crippen molar-refractivity contribution in [3.05, 3.63) is 115 Å². The maximum Gasteiger partial charge on any atom is 0.271 e. The lowest BCUT2D eigenvalue weighted by molar-refractivity contribution is -0.113. The highest BCUT2D eigenvalue weighted by atomic mass is 32.1. The van der Waals surface area contributed by atoms with E-state index in [1.807, 2.05) is 73.7 Å². The Bertz CT molecular complexity index is 1760. The lowest BCUT2D eigenvalue weighted by atomic mass is 9.95. The molecule has 1 aromatic heterocycles. The van der Waals surface area contributed by atoms with Gasteiger partial charge in [-0.25, -0.2) is 4.99 Å². The smallest absolute Gasteiger partial charge is 0.271 e. The van der Waals surface area contributed by atoms with E-state index < -0.39 is 6.04 Å². The molecule has 204 valence electrons. The number of fused-ring (bicyclic) bond motifs is 1. The van der Waals surface area contributed by atoms with Gasteiger partial charge in [0, 0.05) is 5.69 Å². The number of anilines is 1. The number of thiazole rings is 1. The Hall–Kier alpha value is -4.63. The molecule has 8 nitrogen and oxygen atoms in total. The molecule has 1 atom stereocenters. The maximum atomic E-state index is 13.9. The quantitative estimate of drug-likeness (QED) is 0.350. The van der Waals surface area contributed by atoms with Crippen LogP contribution in [0.1, 0.15) is 31.0 Å². The first-order valence-electron chi connectivity index (χ1n) is 12.8. The van der Waals surface area contributed by atoms with Crippen LogP contribution in [0.3, 0.4) is 0 Å². The standard InChI is InChI=1S/C31H29N3O5S/c1-5-39-23-14-12-21(13-15-23)28-27(29(35)33-22-9-7-6-8-10-22)19(2)32-31-34(28)30(36)26(40-31)18-20-11-16-24(37-3)25(17-20)38-4/h6-18,28H,5H2,1-4H3,(H,33,35)/b26-18-/t28-/m1/s1. The lowest BCUT2D eigenvalue weighted by Crippen LogP contribution is -2.40. The molecule has 0 aliphatic carbocycles. The minimum Gasteiger partial charge on any atom is -0.494 e. The van der Waals surface area contributed by atoms with Gasteiger partial charge in [0.15, 0.2) is 16.3 Å². The van der Waals surface area contributed by atoms with Crippen LogP contribution in [0.2, 0.25) is 0 Å². The normalized spacial score (nSPS) is 14.8. The molecule has 1 aliphatic heterocycles. The summed E-state index contributed by atoms with van der Waals surface area (Å²) in [6.07, 6.45) is 1.80. The van der Waals surface area contributed by atoms with Crippen LogP contribution in [0, 0.1) is 0 Å². The van der Waals surface area contributed by atoms with Crippen LogP contribution >= 0.6 is 11.3 Å². The zero-order chi connectivity index (χ0) is 28.2. The van der Waals surface area contributed by atoms with Crippen molar-refractivity contribution >= 4 is 29.0 Å². The van der Waals surface area contributed by atoms with Gasteiger partial charge < -0.3 is 19.5 Å². The molecule has 0 unspecified atom stereocenters. The number of rotatable bonds is 8. The van der Waals surface area contributed by atoms with Crippen LogP contribution in [0.15, 0.2) is 93.9 Å². The summed E-state index contributed by atoms with van der Waals surface area (Å²) in [4.78, 5) is 32.8. The number of aromatic nitrogens is 1. The first-order chi connectivity index (χ1) is 19.4. The first kappa shape index (κ1) is 27.0. The molecule has 0 saturated heterocycles. The molecular formula is C31H29N3O5S. The fourth-order valence-electron chi connectivity index (χ4n) is 4.65. The third-order valence-corrected chi connectivity index (χ3v) is 7.49. The number of nitrogens with one attached hydrogen (secondary N) is 1. The van der Waals surface area contributed by atoms with Crippen molar-refractivity contribution in [3.8, 4) is 17.2 Å². The van der Waals surface area contributed by atoms with E-state index in [1.54, 1.807) is 37.9 Å². The summed E-state index contributed by atoms with van der Waals surface area (Å²) < 4.78 is 18.5. The number of carbonyl (C=O) groups excluding carboxylic acids is 1. The van der Waals surface area contributed by atoms with E-state index in [-0.39, 0.29) is 11.5 Å². The highest BCUT2D eigenvalue weighted by molar-refractivity contribution is 7.07. The largest absolute Gasteiger partial charge is 0.494 e. The van der Waals surface area contributed by atoms with E-state index >= 15 is 0 Å². The number of nitrogens with zero attached hydrogens (tertiary/aromatic N) is 2. The molecule has 0 radical (unpaired) electrons. The van der Waals surface area contributed by atoms with Gasteiger partial charge in [-0.3, -0.25) is 14.2 Å². The van der Waals surface area contributed by atoms with Gasteiger partial charge in [-0.15, -0.1) is 0 Å². The van der Waals surface area contributed by atoms with Gasteiger partial charge in [0.2, 0.25) is 0 Å². The number of ether oxygens (including phenoxy) is 3. The van der Waals surface area contributed by atoms with Gasteiger partial charge in [0.1, 0.15) is 5.75 Å². The van der Waals surface area contributed by atoms with Crippen molar-refractivity contribution in [3.63, 3.8) is 0 Å². The summed E-state index contributed by atoms with van der Waals surface area (Å²) in [6.45, 7) is 4.25. The topological polar surface area (TPSA) is 91.2 Å². The Morgan fingerprint density at radius 3 is 2.42 bits per heavy atom. The Morgan fingerprint density at radius 1 is 1.02 bits per heavy atom. The second-order valence-corrected chi connectivity index (χ2v) is 10.0. The third kappa shape index (κ3) is 5.28. The molecular weight excluding hydrogens is 526 g/mol. The second-order valence-electron chi connectivity index (χ2n) is 9.02. The molecule has 0 spiro atoms. The molecule has 0 bridgehead atoms. The number of allylic oxidation sites excluding steroid dienone is 1. The van der Waals surface area contributed by atoms with E-state index in [0.717, 1.165) is 11.1 Å². The summed E-state index contributed by atoms with van der Waals surface area (Å²) in [5, 5.41) is 2.97. The van der Waals surface area contributed by atoms with E-state index in [4.69, 9.17) is 19.2 Å². The monoisotopic (exact) mass is 555 g/mol. The average Bonchev–Trinajstić information content (AvgIpc) is 3.27. The van der Waals surface area contributed by atoms with Gasteiger partial charge in [0.05, 0.1) is 42.7 Å². The molecule has 1 N–H and O–H groups in total. The molecule has 0 saturated carbocycles. The predicted molar refractivity (Wildman–Crippen MR) is 156 cm³/mol. The van der Waals surface area contributed by atoms with E-state index in [2.05, 4.69) is 5.32 Å². The van der Waals surface area contributed by atoms with Crippen molar-refractivity contribution in [1.82, 2.24) is 4.57 Å². The van der Waals surface area contributed by atoms with Gasteiger partial charge in [0.25, 0.3) is 11.5 Å². The Kier molecular flexibility index (Phi) is 7.84. The number of para-hydroxylation sites is 1. The fourth-order valence-corrected chi connectivity index (χ4v) is 5.70. The average molecular weight is 556 g/mol. The highest BCUT2D eigenvalue weighted by Crippen LogP contribution is 2.32. The van der Waals surface area contributed by atoms with Crippen LogP contribution < -0.4 is 34.4 Å². The zero-order valence-electron chi connectivity index (χ0n) is 22.6. The fraction of sp³-hybridized carbons (Fsp3) is 0.194. The summed E-state index contributed by atoms with van der Waals surface area (Å²) in [6, 6.07) is 21.5. The molecule has 40 heavy (non-hydrogen) atoms. The summed E-state index contributed by atoms with van der Waals surface area (Å²) >= 11 is 1.28. The summed E-state index contributed by atoms with van der Waals surface area (Å²) in [7, 11) is 3.14. The van der Waals surface area contributed by atoms with Gasteiger partial charge >= 0.3 is 0 Å². The van der Waals surface area contributed by atoms with Crippen molar-refractivity contribution in [2.75, 3.05) is 26.1 Å². The van der Waals surface area contributed by atoms with Crippen molar-refractivity contribution in [2.24, 2.45) is 4.99 Å². The molecule has 1 aliphatic rings. The second kappa shape index (κ2) is 11.6. The molecule has 1 amide bonds. The molecule has 0 fully saturated rings. The van der Waals surface area contributed by atoms with Crippen LogP contribution in [0.25, 0.3) is 6.08 Å². The first-order valence-corrected chi connectivity index (χ1v) is 13.6. The molecule has 3 aromatic carbocycles. The Morgan fingerprint density at radius 2 is 1.75 bits per heavy atom. The van der Waals surface area contributed by atoms with Gasteiger partial charge in [-0.05, 0) is 67.4 Å².